The highest BCUT2D eigenvalue weighted by Gasteiger charge is 2.23. The second-order valence-corrected chi connectivity index (χ2v) is 7.48. The highest BCUT2D eigenvalue weighted by atomic mass is 31.2. The number of ketones is 1. The van der Waals surface area contributed by atoms with E-state index in [1.165, 1.54) is 25.3 Å². The number of aliphatic carboxylic acids is 1. The maximum absolute atomic E-state index is 12.4. The van der Waals surface area contributed by atoms with Crippen molar-refractivity contribution in [3.05, 3.63) is 52.8 Å². The molecule has 0 aliphatic rings. The number of carbonyl (C=O) groups excluding carboxylic acids is 1. The number of aromatic nitrogens is 1. The van der Waals surface area contributed by atoms with Crippen LogP contribution in [0.5, 0.6) is 5.75 Å². The van der Waals surface area contributed by atoms with E-state index in [0.29, 0.717) is 0 Å². The van der Waals surface area contributed by atoms with Gasteiger partial charge in [0, 0.05) is 41.2 Å². The monoisotopic (exact) mass is 437 g/mol. The van der Waals surface area contributed by atoms with Gasteiger partial charge in [-0.2, -0.15) is 0 Å². The van der Waals surface area contributed by atoms with Crippen LogP contribution in [0.1, 0.15) is 33.6 Å². The molecule has 1 aromatic heterocycles. The van der Waals surface area contributed by atoms with Crippen LogP contribution in [0.4, 0.5) is 5.69 Å². The molecule has 1 atom stereocenters. The number of pyridine rings is 1. The Hall–Kier alpha value is -3.11. The summed E-state index contributed by atoms with van der Waals surface area (Å²) in [5.74, 6) is -2.28. The Bertz CT molecular complexity index is 1030. The molecule has 0 spiro atoms. The van der Waals surface area contributed by atoms with Gasteiger partial charge in [-0.15, -0.1) is 0 Å². The van der Waals surface area contributed by atoms with Gasteiger partial charge in [0.1, 0.15) is 5.75 Å². The first-order valence-electron chi connectivity index (χ1n) is 8.50. The fraction of sp³-hybridized carbons (Fsp3) is 0.222. The Balaban J connectivity index is 2.31. The number of carboxylic acid groups (broad SMARTS) is 1. The van der Waals surface area contributed by atoms with Gasteiger partial charge >= 0.3 is 13.8 Å². The van der Waals surface area contributed by atoms with E-state index in [-0.39, 0.29) is 33.8 Å². The highest BCUT2D eigenvalue weighted by molar-refractivity contribution is 7.46. The Morgan fingerprint density at radius 2 is 2.00 bits per heavy atom. The maximum Gasteiger partial charge on any atom is 0.469 e. The smallest absolute Gasteiger partial charge is 0.469 e. The predicted molar refractivity (Wildman–Crippen MR) is 106 cm³/mol. The Kier molecular flexibility index (Phi) is 7.41. The molecule has 1 aromatic carbocycles. The minimum atomic E-state index is -4.79. The molecular formula is C18H20N3O8P. The summed E-state index contributed by atoms with van der Waals surface area (Å²) in [5.41, 5.74) is 6.31. The van der Waals surface area contributed by atoms with Crippen LogP contribution in [0.2, 0.25) is 0 Å². The number of nitrogens with two attached hydrogens (primary N) is 1. The molecule has 2 aromatic rings. The van der Waals surface area contributed by atoms with Crippen molar-refractivity contribution in [3.63, 3.8) is 0 Å². The number of aromatic hydroxyl groups is 1. The average molecular weight is 437 g/mol. The molecule has 0 fully saturated rings. The number of anilines is 1. The van der Waals surface area contributed by atoms with Crippen LogP contribution in [0.3, 0.4) is 0 Å². The number of phosphoric ester groups is 1. The van der Waals surface area contributed by atoms with E-state index in [1.54, 1.807) is 12.1 Å². The quantitative estimate of drug-likeness (QED) is 0.166. The lowest BCUT2D eigenvalue weighted by Crippen LogP contribution is -2.22. The second-order valence-electron chi connectivity index (χ2n) is 6.24. The molecule has 12 heteroatoms. The lowest BCUT2D eigenvalue weighted by molar-refractivity contribution is -0.138. The van der Waals surface area contributed by atoms with Gasteiger partial charge in [0.25, 0.3) is 0 Å². The number of rotatable bonds is 9. The minimum Gasteiger partial charge on any atom is -0.505 e. The lowest BCUT2D eigenvalue weighted by Gasteiger charge is -2.12. The van der Waals surface area contributed by atoms with Gasteiger partial charge in [0.2, 0.25) is 0 Å². The van der Waals surface area contributed by atoms with Crippen molar-refractivity contribution in [1.82, 2.24) is 4.98 Å². The standard InChI is InChI=1S/C18H20N3O8P/c1-10-17(23)13(11(7-20-10)9-29-30(26,27)28)8-21-15(18(24)25)6-16(22)12-4-2-3-5-14(12)19/h2-5,7-8,15,23H,6,9,19H2,1H3,(H,24,25)(H2,26,27,28)/t15-/m0/s1. The number of para-hydroxylation sites is 1. The molecule has 30 heavy (non-hydrogen) atoms. The molecule has 11 nitrogen and oxygen atoms in total. The van der Waals surface area contributed by atoms with E-state index in [0.717, 1.165) is 6.21 Å². The molecule has 1 heterocycles. The number of aliphatic imine (C=N–C) groups is 1. The average Bonchev–Trinajstić information content (AvgIpc) is 2.66. The van der Waals surface area contributed by atoms with Gasteiger partial charge in [-0.05, 0) is 19.1 Å². The van der Waals surface area contributed by atoms with Gasteiger partial charge in [-0.3, -0.25) is 19.3 Å². The van der Waals surface area contributed by atoms with Gasteiger partial charge in [-0.1, -0.05) is 12.1 Å². The number of benzene rings is 1. The van der Waals surface area contributed by atoms with Crippen LogP contribution in [0.25, 0.3) is 0 Å². The third-order valence-corrected chi connectivity index (χ3v) is 4.52. The zero-order valence-electron chi connectivity index (χ0n) is 15.8. The molecule has 0 bridgehead atoms. The zero-order valence-corrected chi connectivity index (χ0v) is 16.7. The molecular weight excluding hydrogens is 417 g/mol. The van der Waals surface area contributed by atoms with Crippen molar-refractivity contribution < 1.29 is 38.7 Å². The molecule has 160 valence electrons. The van der Waals surface area contributed by atoms with E-state index < -0.39 is 38.6 Å². The molecule has 0 aliphatic heterocycles. The van der Waals surface area contributed by atoms with Crippen molar-refractivity contribution in [1.29, 1.82) is 0 Å². The van der Waals surface area contributed by atoms with Gasteiger partial charge < -0.3 is 25.7 Å². The Morgan fingerprint density at radius 1 is 1.33 bits per heavy atom. The Morgan fingerprint density at radius 3 is 2.60 bits per heavy atom. The van der Waals surface area contributed by atoms with Crippen molar-refractivity contribution >= 4 is 31.5 Å². The molecule has 2 rings (SSSR count). The van der Waals surface area contributed by atoms with E-state index >= 15 is 0 Å². The van der Waals surface area contributed by atoms with Crippen LogP contribution in [-0.2, 0) is 20.5 Å². The second kappa shape index (κ2) is 9.59. The van der Waals surface area contributed by atoms with E-state index in [4.69, 9.17) is 15.5 Å². The Labute approximate surface area is 171 Å². The summed E-state index contributed by atoms with van der Waals surface area (Å²) in [6, 6.07) is 4.72. The first-order valence-corrected chi connectivity index (χ1v) is 10.0. The number of nitrogens with zero attached hydrogens (tertiary/aromatic N) is 2. The number of hydrogen-bond acceptors (Lipinski definition) is 8. The van der Waals surface area contributed by atoms with Crippen LogP contribution in [0, 0.1) is 6.92 Å². The lowest BCUT2D eigenvalue weighted by atomic mass is 10.0. The van der Waals surface area contributed by atoms with Gasteiger partial charge in [0.15, 0.2) is 11.8 Å². The summed E-state index contributed by atoms with van der Waals surface area (Å²) >= 11 is 0. The molecule has 0 aliphatic carbocycles. The molecule has 0 saturated carbocycles. The normalized spacial score (nSPS) is 12.8. The summed E-state index contributed by atoms with van der Waals surface area (Å²) in [6.45, 7) is 0.861. The third kappa shape index (κ3) is 6.19. The topological polar surface area (TPSA) is 193 Å². The first-order chi connectivity index (χ1) is 14.0. The van der Waals surface area contributed by atoms with Crippen molar-refractivity contribution in [2.24, 2.45) is 4.99 Å². The number of carbonyl (C=O) groups is 2. The van der Waals surface area contributed by atoms with Crippen molar-refractivity contribution in [2.45, 2.75) is 26.0 Å². The predicted octanol–water partition coefficient (Wildman–Crippen LogP) is 1.43. The summed E-state index contributed by atoms with van der Waals surface area (Å²) < 4.78 is 15.3. The molecule has 0 saturated heterocycles. The van der Waals surface area contributed by atoms with E-state index in [1.807, 2.05) is 0 Å². The maximum atomic E-state index is 12.4. The van der Waals surface area contributed by atoms with Crippen molar-refractivity contribution in [3.8, 4) is 5.75 Å². The number of nitrogen functional groups attached to an aromatic ring is 1. The molecule has 6 N–H and O–H groups in total. The number of aryl methyl sites for hydroxylation is 1. The largest absolute Gasteiger partial charge is 0.505 e. The molecule has 0 amide bonds. The summed E-state index contributed by atoms with van der Waals surface area (Å²) in [7, 11) is -4.79. The first kappa shape index (κ1) is 23.2. The minimum absolute atomic E-state index is 0.0335. The summed E-state index contributed by atoms with van der Waals surface area (Å²) in [4.78, 5) is 49.4. The third-order valence-electron chi connectivity index (χ3n) is 4.05. The van der Waals surface area contributed by atoms with E-state index in [9.17, 15) is 24.4 Å². The number of Topliss-reactive ketones (excluding diaryl/α,β-unsaturated/α-hetero) is 1. The fourth-order valence-corrected chi connectivity index (χ4v) is 2.78. The molecule has 0 unspecified atom stereocenters. The number of phosphoric acid groups is 1. The SMILES string of the molecule is Cc1ncc(COP(=O)(O)O)c(C=N[C@@H](CC(=O)c2ccccc2N)C(=O)O)c1O. The van der Waals surface area contributed by atoms with Crippen LogP contribution >= 0.6 is 7.82 Å². The molecule has 0 radical (unpaired) electrons. The van der Waals surface area contributed by atoms with E-state index in [2.05, 4.69) is 14.5 Å². The van der Waals surface area contributed by atoms with Crippen molar-refractivity contribution in [2.75, 3.05) is 5.73 Å². The fourth-order valence-electron chi connectivity index (χ4n) is 2.47. The van der Waals surface area contributed by atoms with Crippen LogP contribution in [-0.4, -0.2) is 49.0 Å². The summed E-state index contributed by atoms with van der Waals surface area (Å²) in [6.07, 6.45) is 1.72. The number of carboxylic acids is 1. The highest BCUT2D eigenvalue weighted by Crippen LogP contribution is 2.37. The van der Waals surface area contributed by atoms with Gasteiger partial charge in [-0.25, -0.2) is 9.36 Å². The van der Waals surface area contributed by atoms with Crippen LogP contribution < -0.4 is 5.73 Å². The zero-order chi connectivity index (χ0) is 22.5. The van der Waals surface area contributed by atoms with Gasteiger partial charge in [0.05, 0.1) is 12.3 Å². The summed E-state index contributed by atoms with van der Waals surface area (Å²) in [5, 5.41) is 19.6. The van der Waals surface area contributed by atoms with Crippen LogP contribution in [0.15, 0.2) is 35.5 Å². The number of hydrogen-bond donors (Lipinski definition) is 5.